The summed E-state index contributed by atoms with van der Waals surface area (Å²) in [7, 11) is 0. The zero-order valence-corrected chi connectivity index (χ0v) is 31.1. The number of aliphatic hydroxyl groups excluding tert-OH is 3. The molecule has 0 radical (unpaired) electrons. The van der Waals surface area contributed by atoms with Crippen molar-refractivity contribution in [1.82, 2.24) is 5.32 Å². The van der Waals surface area contributed by atoms with Gasteiger partial charge in [-0.15, -0.1) is 0 Å². The third-order valence-electron chi connectivity index (χ3n) is 11.7. The number of rotatable bonds is 8. The average molecular weight is 770 g/mol. The highest BCUT2D eigenvalue weighted by molar-refractivity contribution is 6.30. The highest BCUT2D eigenvalue weighted by Crippen LogP contribution is 2.60. The predicted molar refractivity (Wildman–Crippen MR) is 188 cm³/mol. The summed E-state index contributed by atoms with van der Waals surface area (Å²) < 4.78 is 23.0. The number of benzene rings is 2. The van der Waals surface area contributed by atoms with Crippen LogP contribution in [0.25, 0.3) is 0 Å². The smallest absolute Gasteiger partial charge is 0.338 e. The molecule has 54 heavy (non-hydrogen) atoms. The summed E-state index contributed by atoms with van der Waals surface area (Å²) in [5.41, 5.74) is -4.73. The van der Waals surface area contributed by atoms with Gasteiger partial charge in [0.2, 0.25) is 0 Å². The number of halogens is 1. The molecule has 0 aromatic heterocycles. The minimum absolute atomic E-state index is 0.0256. The van der Waals surface area contributed by atoms with Crippen LogP contribution in [0.5, 0.6) is 0 Å². The zero-order valence-electron chi connectivity index (χ0n) is 30.4. The summed E-state index contributed by atoms with van der Waals surface area (Å²) in [6.07, 6.45) is -10.1. The highest BCUT2D eigenvalue weighted by Gasteiger charge is 2.73. The van der Waals surface area contributed by atoms with E-state index in [9.17, 15) is 44.4 Å². The fourth-order valence-electron chi connectivity index (χ4n) is 8.93. The number of hydrogen-bond acceptors (Lipinski definition) is 13. The van der Waals surface area contributed by atoms with Crippen molar-refractivity contribution in [3.63, 3.8) is 0 Å². The number of carbonyl (C=O) groups is 5. The van der Waals surface area contributed by atoms with E-state index in [1.54, 1.807) is 30.3 Å². The van der Waals surface area contributed by atoms with Crippen LogP contribution in [0.4, 0.5) is 0 Å². The molecule has 1 heterocycles. The molecule has 0 unspecified atom stereocenters. The summed E-state index contributed by atoms with van der Waals surface area (Å²) in [6.45, 7) is 6.57. The van der Waals surface area contributed by atoms with Crippen LogP contribution >= 0.6 is 11.6 Å². The molecule has 11 atom stereocenters. The Morgan fingerprint density at radius 1 is 0.981 bits per heavy atom. The second kappa shape index (κ2) is 14.5. The predicted octanol–water partition coefficient (Wildman–Crippen LogP) is 2.13. The Bertz CT molecular complexity index is 1860. The second-order valence-electron chi connectivity index (χ2n) is 15.1. The van der Waals surface area contributed by atoms with Gasteiger partial charge in [0.1, 0.15) is 17.8 Å². The van der Waals surface area contributed by atoms with E-state index < -0.39 is 107 Å². The Morgan fingerprint density at radius 3 is 2.20 bits per heavy atom. The van der Waals surface area contributed by atoms with Crippen molar-refractivity contribution >= 4 is 41.2 Å². The van der Waals surface area contributed by atoms with E-state index in [-0.39, 0.29) is 29.7 Å². The molecule has 5 N–H and O–H groups in total. The van der Waals surface area contributed by atoms with Crippen molar-refractivity contribution in [3.8, 4) is 0 Å². The van der Waals surface area contributed by atoms with Crippen LogP contribution in [-0.2, 0) is 38.1 Å². The fraction of sp³-hybridized carbons (Fsp3) is 0.513. The topological polar surface area (TPSA) is 215 Å². The third kappa shape index (κ3) is 6.52. The van der Waals surface area contributed by atoms with Crippen LogP contribution in [0.1, 0.15) is 69.4 Å². The number of Topliss-reactive ketones (excluding diaryl/α,β-unsaturated/α-hetero) is 1. The minimum Gasteiger partial charge on any atom is -0.456 e. The van der Waals surface area contributed by atoms with E-state index in [4.69, 9.17) is 30.5 Å². The van der Waals surface area contributed by atoms with Crippen molar-refractivity contribution in [1.29, 1.82) is 0 Å². The van der Waals surface area contributed by atoms with Crippen LogP contribution in [0, 0.1) is 17.3 Å². The highest BCUT2D eigenvalue weighted by atomic mass is 35.5. The van der Waals surface area contributed by atoms with Crippen LogP contribution in [0.15, 0.2) is 65.7 Å². The molecule has 3 aliphatic carbocycles. The first kappa shape index (κ1) is 39.5. The molecule has 1 amide bonds. The van der Waals surface area contributed by atoms with E-state index in [1.807, 2.05) is 0 Å². The molecule has 4 aliphatic rings. The zero-order chi connectivity index (χ0) is 39.5. The maximum absolute atomic E-state index is 14.6. The first-order chi connectivity index (χ1) is 25.3. The minimum atomic E-state index is -2.30. The molecule has 2 saturated carbocycles. The quantitative estimate of drug-likeness (QED) is 0.148. The first-order valence-electron chi connectivity index (χ1n) is 17.7. The van der Waals surface area contributed by atoms with Gasteiger partial charge in [0.05, 0.1) is 30.8 Å². The standard InChI is InChI=1S/C39H44ClNO13/c1-18-25(53-36(49)32(46)30(21-9-7-6-8-10-21)41-35(48)22-11-13-23(40)14-12-22)16-39(50)34(47)29-27(24(44)15-26-38(29,17-51-26)54-20(3)43)31(45)33(52-19(2)42)28(18)37(39,4)5/h6-14,24-27,29-30,32-34,44,46-47,50H,15-17H2,1-5H3,(H,41,48)/t24-,25-,26+,27-,29+,30-,32+,33+,34-,38-,39+/m0/s1. The third-order valence-corrected chi connectivity index (χ3v) is 12.0. The van der Waals surface area contributed by atoms with Crippen molar-refractivity contribution < 1.29 is 63.3 Å². The Hall–Kier alpha value is -4.18. The monoisotopic (exact) mass is 769 g/mol. The Balaban J connectivity index is 1.41. The molecule has 2 aromatic carbocycles. The van der Waals surface area contributed by atoms with E-state index in [2.05, 4.69) is 5.32 Å². The normalized spacial score (nSPS) is 33.7. The van der Waals surface area contributed by atoms with Crippen LogP contribution in [-0.4, -0.2) is 104 Å². The van der Waals surface area contributed by atoms with Crippen molar-refractivity contribution in [2.45, 2.75) is 101 Å². The van der Waals surface area contributed by atoms with Gasteiger partial charge in [-0.25, -0.2) is 4.79 Å². The van der Waals surface area contributed by atoms with Gasteiger partial charge in [-0.3, -0.25) is 19.2 Å². The Kier molecular flexibility index (Phi) is 10.6. The molecular formula is C39H44ClNO13. The van der Waals surface area contributed by atoms with Gasteiger partial charge in [-0.1, -0.05) is 55.8 Å². The average Bonchev–Trinajstić information content (AvgIpc) is 3.10. The lowest BCUT2D eigenvalue weighted by Gasteiger charge is -2.64. The van der Waals surface area contributed by atoms with Crippen LogP contribution in [0.2, 0.25) is 5.02 Å². The number of ether oxygens (including phenoxy) is 4. The number of hydrogen-bond donors (Lipinski definition) is 5. The number of fused-ring (bicyclic) bond motifs is 5. The lowest BCUT2D eigenvalue weighted by Crippen LogP contribution is -2.78. The molecule has 1 saturated heterocycles. The van der Waals surface area contributed by atoms with E-state index in [0.29, 0.717) is 10.6 Å². The number of carbonyl (C=O) groups excluding carboxylic acids is 5. The molecule has 14 nitrogen and oxygen atoms in total. The lowest BCUT2D eigenvalue weighted by atomic mass is 9.49. The van der Waals surface area contributed by atoms with Crippen molar-refractivity contribution in [3.05, 3.63) is 81.9 Å². The summed E-state index contributed by atoms with van der Waals surface area (Å²) in [6, 6.07) is 12.8. The molecule has 2 bridgehead atoms. The molecule has 6 rings (SSSR count). The molecule has 15 heteroatoms. The number of amides is 1. The lowest BCUT2D eigenvalue weighted by molar-refractivity contribution is -0.332. The number of esters is 3. The Morgan fingerprint density at radius 2 is 1.63 bits per heavy atom. The molecule has 2 aromatic rings. The van der Waals surface area contributed by atoms with Crippen molar-refractivity contribution in [2.24, 2.45) is 17.3 Å². The second-order valence-corrected chi connectivity index (χ2v) is 15.6. The Labute approximate surface area is 316 Å². The maximum Gasteiger partial charge on any atom is 0.338 e. The van der Waals surface area contributed by atoms with Gasteiger partial charge in [0.15, 0.2) is 23.6 Å². The molecule has 290 valence electrons. The maximum atomic E-state index is 14.6. The van der Waals surface area contributed by atoms with Gasteiger partial charge in [0.25, 0.3) is 5.91 Å². The fourth-order valence-corrected chi connectivity index (χ4v) is 9.06. The van der Waals surface area contributed by atoms with E-state index in [0.717, 1.165) is 13.8 Å². The largest absolute Gasteiger partial charge is 0.456 e. The SMILES string of the molecule is CC(=O)O[C@H]1C(=O)[C@@H]2[C@H]([C@H](O)[C@]3(O)C[C@H](OC(=O)[C@H](O)[C@@H](NC(=O)c4ccc(Cl)cc4)c4ccccc4)C(C)=C1C3(C)C)[C@]1(OC(C)=O)CO[C@@H]1C[C@@H]2O. The number of aliphatic hydroxyl groups is 4. The molecule has 0 spiro atoms. The molecular weight excluding hydrogens is 726 g/mol. The van der Waals surface area contributed by atoms with Gasteiger partial charge in [-0.05, 0) is 47.9 Å². The molecule has 1 aliphatic heterocycles. The first-order valence-corrected chi connectivity index (χ1v) is 18.0. The number of ketones is 1. The summed E-state index contributed by atoms with van der Waals surface area (Å²) >= 11 is 5.98. The van der Waals surface area contributed by atoms with Gasteiger partial charge >= 0.3 is 17.9 Å². The van der Waals surface area contributed by atoms with Crippen molar-refractivity contribution in [2.75, 3.05) is 6.61 Å². The summed E-state index contributed by atoms with van der Waals surface area (Å²) in [5, 5.41) is 51.2. The van der Waals surface area contributed by atoms with Crippen LogP contribution in [0.3, 0.4) is 0 Å². The molecule has 3 fully saturated rings. The number of nitrogens with one attached hydrogen (secondary N) is 1. The summed E-state index contributed by atoms with van der Waals surface area (Å²) in [4.78, 5) is 67.0. The van der Waals surface area contributed by atoms with E-state index >= 15 is 0 Å². The van der Waals surface area contributed by atoms with E-state index in [1.165, 1.54) is 45.0 Å². The van der Waals surface area contributed by atoms with Gasteiger partial charge < -0.3 is 44.7 Å². The van der Waals surface area contributed by atoms with Crippen LogP contribution < -0.4 is 5.32 Å². The van der Waals surface area contributed by atoms with Gasteiger partial charge in [0, 0.05) is 48.6 Å². The van der Waals surface area contributed by atoms with Gasteiger partial charge in [-0.2, -0.15) is 0 Å². The summed E-state index contributed by atoms with van der Waals surface area (Å²) in [5.74, 6) is -7.21.